The van der Waals surface area contributed by atoms with Gasteiger partial charge in [-0.15, -0.1) is 0 Å². The Hall–Kier alpha value is -1.30. The van der Waals surface area contributed by atoms with Crippen LogP contribution >= 0.6 is 0 Å². The first kappa shape index (κ1) is 19.7. The van der Waals surface area contributed by atoms with Gasteiger partial charge in [-0.1, -0.05) is 88.2 Å². The smallest absolute Gasteiger partial charge is 0.00258 e. The summed E-state index contributed by atoms with van der Waals surface area (Å²) >= 11 is 0. The highest BCUT2D eigenvalue weighted by molar-refractivity contribution is 5.20. The van der Waals surface area contributed by atoms with Crippen LogP contribution in [0, 0.1) is 17.8 Å². The van der Waals surface area contributed by atoms with E-state index in [2.05, 4.69) is 77.6 Å². The van der Waals surface area contributed by atoms with Crippen LogP contribution in [0.3, 0.4) is 0 Å². The summed E-state index contributed by atoms with van der Waals surface area (Å²) in [6.07, 6.45) is 8.41. The van der Waals surface area contributed by atoms with E-state index in [0.29, 0.717) is 11.8 Å². The molecule has 0 heteroatoms. The number of hydrogen-bond acceptors (Lipinski definition) is 0. The molecule has 1 rings (SSSR count). The molecule has 0 bridgehead atoms. The molecule has 0 aromatic heterocycles. The Kier molecular flexibility index (Phi) is 8.99. The predicted octanol–water partition coefficient (Wildman–Crippen LogP) is 7.22. The van der Waals surface area contributed by atoms with Gasteiger partial charge in [0.15, 0.2) is 0 Å². The van der Waals surface area contributed by atoms with Gasteiger partial charge in [0.05, 0.1) is 0 Å². The molecule has 0 aliphatic heterocycles. The Balaban J connectivity index is 2.78. The monoisotopic (exact) mass is 312 g/mol. The van der Waals surface area contributed by atoms with Crippen molar-refractivity contribution in [2.24, 2.45) is 17.8 Å². The number of hydrogen-bond donors (Lipinski definition) is 0. The van der Waals surface area contributed by atoms with E-state index < -0.39 is 0 Å². The predicted molar refractivity (Wildman–Crippen MR) is 105 cm³/mol. The molecule has 0 nitrogen and oxygen atoms in total. The Labute approximate surface area is 144 Å². The van der Waals surface area contributed by atoms with E-state index in [1.807, 2.05) is 0 Å². The molecule has 0 aliphatic rings. The van der Waals surface area contributed by atoms with E-state index >= 15 is 0 Å². The lowest BCUT2D eigenvalue weighted by atomic mass is 9.84. The van der Waals surface area contributed by atoms with E-state index in [-0.39, 0.29) is 0 Å². The minimum absolute atomic E-state index is 0.536. The van der Waals surface area contributed by atoms with E-state index in [9.17, 15) is 0 Å². The van der Waals surface area contributed by atoms with Crippen molar-refractivity contribution in [3.05, 3.63) is 59.7 Å². The average Bonchev–Trinajstić information content (AvgIpc) is 2.57. The SMILES string of the molecule is C=C(CC(C)CC)C(C=C(C)C(CC)Cc1ccccc1)CC. The molecule has 0 N–H and O–H groups in total. The molecule has 23 heavy (non-hydrogen) atoms. The number of allylic oxidation sites excluding steroid dienone is 3. The first-order valence-electron chi connectivity index (χ1n) is 9.41. The zero-order valence-corrected chi connectivity index (χ0v) is 15.9. The van der Waals surface area contributed by atoms with Crippen LogP contribution in [0.5, 0.6) is 0 Å². The van der Waals surface area contributed by atoms with Crippen molar-refractivity contribution in [3.8, 4) is 0 Å². The van der Waals surface area contributed by atoms with Crippen molar-refractivity contribution < 1.29 is 0 Å². The quantitative estimate of drug-likeness (QED) is 0.400. The van der Waals surface area contributed by atoms with Crippen LogP contribution in [0.2, 0.25) is 0 Å². The topological polar surface area (TPSA) is 0 Å². The molecule has 1 aromatic rings. The molecule has 0 amide bonds. The normalized spacial score (nSPS) is 16.0. The van der Waals surface area contributed by atoms with Crippen molar-refractivity contribution in [2.75, 3.05) is 0 Å². The van der Waals surface area contributed by atoms with Gasteiger partial charge in [0.2, 0.25) is 0 Å². The highest BCUT2D eigenvalue weighted by Crippen LogP contribution is 2.28. The molecule has 128 valence electrons. The molecule has 3 unspecified atom stereocenters. The maximum absolute atomic E-state index is 4.39. The van der Waals surface area contributed by atoms with Crippen molar-refractivity contribution in [1.29, 1.82) is 0 Å². The van der Waals surface area contributed by atoms with Gasteiger partial charge in [-0.3, -0.25) is 0 Å². The van der Waals surface area contributed by atoms with Gasteiger partial charge >= 0.3 is 0 Å². The number of benzene rings is 1. The van der Waals surface area contributed by atoms with Gasteiger partial charge in [0, 0.05) is 0 Å². The third-order valence-corrected chi connectivity index (χ3v) is 5.20. The highest BCUT2D eigenvalue weighted by Gasteiger charge is 2.15. The standard InChI is InChI=1S/C23H36/c1-7-18(4)15-19(5)22(8-2)16-20(6)23(9-3)17-21-13-11-10-12-14-21/h10-14,16,18,22-23H,5,7-9,15,17H2,1-4,6H3. The summed E-state index contributed by atoms with van der Waals surface area (Å²) in [5, 5.41) is 0. The second-order valence-corrected chi connectivity index (χ2v) is 7.10. The van der Waals surface area contributed by atoms with E-state index in [1.165, 1.54) is 29.6 Å². The molecule has 0 aliphatic carbocycles. The maximum Gasteiger partial charge on any atom is -0.00258 e. The van der Waals surface area contributed by atoms with E-state index in [1.54, 1.807) is 0 Å². The molecule has 0 spiro atoms. The van der Waals surface area contributed by atoms with Gasteiger partial charge in [0.1, 0.15) is 0 Å². The second-order valence-electron chi connectivity index (χ2n) is 7.10. The lowest BCUT2D eigenvalue weighted by molar-refractivity contribution is 0.520. The molecular weight excluding hydrogens is 276 g/mol. The minimum Gasteiger partial charge on any atom is -0.0993 e. The summed E-state index contributed by atoms with van der Waals surface area (Å²) in [5.74, 6) is 1.92. The molecule has 0 saturated carbocycles. The summed E-state index contributed by atoms with van der Waals surface area (Å²) in [6, 6.07) is 10.9. The molecule has 0 saturated heterocycles. The summed E-state index contributed by atoms with van der Waals surface area (Å²) in [6.45, 7) is 15.9. The summed E-state index contributed by atoms with van der Waals surface area (Å²) in [7, 11) is 0. The van der Waals surface area contributed by atoms with Crippen LogP contribution in [0.1, 0.15) is 65.9 Å². The fraction of sp³-hybridized carbons (Fsp3) is 0.565. The molecule has 3 atom stereocenters. The lowest BCUT2D eigenvalue weighted by Gasteiger charge is -2.22. The van der Waals surface area contributed by atoms with Crippen molar-refractivity contribution >= 4 is 0 Å². The lowest BCUT2D eigenvalue weighted by Crippen LogP contribution is -2.09. The third kappa shape index (κ3) is 6.77. The van der Waals surface area contributed by atoms with Crippen molar-refractivity contribution in [2.45, 2.75) is 66.7 Å². The van der Waals surface area contributed by atoms with E-state index in [4.69, 9.17) is 0 Å². The summed E-state index contributed by atoms with van der Waals surface area (Å²) < 4.78 is 0. The van der Waals surface area contributed by atoms with Gasteiger partial charge in [0.25, 0.3) is 0 Å². The molecule has 1 aromatic carbocycles. The first-order valence-corrected chi connectivity index (χ1v) is 9.41. The average molecular weight is 313 g/mol. The van der Waals surface area contributed by atoms with Crippen LogP contribution in [0.4, 0.5) is 0 Å². The zero-order chi connectivity index (χ0) is 17.2. The van der Waals surface area contributed by atoms with E-state index in [0.717, 1.165) is 25.2 Å². The van der Waals surface area contributed by atoms with Gasteiger partial charge in [-0.25, -0.2) is 0 Å². The largest absolute Gasteiger partial charge is 0.0993 e. The third-order valence-electron chi connectivity index (χ3n) is 5.20. The second kappa shape index (κ2) is 10.5. The minimum atomic E-state index is 0.536. The fourth-order valence-electron chi connectivity index (χ4n) is 3.25. The zero-order valence-electron chi connectivity index (χ0n) is 15.9. The molecule has 0 radical (unpaired) electrons. The summed E-state index contributed by atoms with van der Waals surface area (Å²) in [4.78, 5) is 0. The molecular formula is C23H36. The Morgan fingerprint density at radius 2 is 1.70 bits per heavy atom. The highest BCUT2D eigenvalue weighted by atomic mass is 14.2. The van der Waals surface area contributed by atoms with Gasteiger partial charge < -0.3 is 0 Å². The van der Waals surface area contributed by atoms with Crippen LogP contribution in [-0.4, -0.2) is 0 Å². The van der Waals surface area contributed by atoms with Gasteiger partial charge in [-0.2, -0.15) is 0 Å². The fourth-order valence-corrected chi connectivity index (χ4v) is 3.25. The van der Waals surface area contributed by atoms with Gasteiger partial charge in [-0.05, 0) is 55.9 Å². The molecule has 0 heterocycles. The van der Waals surface area contributed by atoms with Crippen LogP contribution in [0.25, 0.3) is 0 Å². The first-order chi connectivity index (χ1) is 11.0. The van der Waals surface area contributed by atoms with Crippen LogP contribution in [0.15, 0.2) is 54.1 Å². The number of rotatable bonds is 10. The molecule has 0 fully saturated rings. The summed E-state index contributed by atoms with van der Waals surface area (Å²) in [5.41, 5.74) is 4.39. The van der Waals surface area contributed by atoms with Crippen LogP contribution < -0.4 is 0 Å². The van der Waals surface area contributed by atoms with Crippen molar-refractivity contribution in [3.63, 3.8) is 0 Å². The van der Waals surface area contributed by atoms with Crippen molar-refractivity contribution in [1.82, 2.24) is 0 Å². The van der Waals surface area contributed by atoms with Crippen LogP contribution in [-0.2, 0) is 6.42 Å². The maximum atomic E-state index is 4.39. The Morgan fingerprint density at radius 3 is 2.22 bits per heavy atom. The Morgan fingerprint density at radius 1 is 1.04 bits per heavy atom. The Bertz CT molecular complexity index is 480.